The summed E-state index contributed by atoms with van der Waals surface area (Å²) >= 11 is 6.51. The minimum absolute atomic E-state index is 0.00556. The van der Waals surface area contributed by atoms with Gasteiger partial charge in [0.1, 0.15) is 0 Å². The van der Waals surface area contributed by atoms with Crippen molar-refractivity contribution in [2.75, 3.05) is 0 Å². The van der Waals surface area contributed by atoms with Gasteiger partial charge in [0.25, 0.3) is 10.0 Å². The van der Waals surface area contributed by atoms with Gasteiger partial charge in [-0.2, -0.15) is 0 Å². The fourth-order valence-corrected chi connectivity index (χ4v) is 4.48. The van der Waals surface area contributed by atoms with E-state index in [9.17, 15) is 8.42 Å². The molecule has 0 heterocycles. The maximum atomic E-state index is 12.0. The summed E-state index contributed by atoms with van der Waals surface area (Å²) in [5.74, 6) is 0. The van der Waals surface area contributed by atoms with Crippen LogP contribution in [0.1, 0.15) is 25.7 Å². The third-order valence-corrected chi connectivity index (χ3v) is 5.47. The molecule has 0 amide bonds. The largest absolute Gasteiger partial charge is 0.284 e. The van der Waals surface area contributed by atoms with Crippen LogP contribution in [0.3, 0.4) is 0 Å². The summed E-state index contributed by atoms with van der Waals surface area (Å²) in [6.45, 7) is 0. The van der Waals surface area contributed by atoms with E-state index < -0.39 is 10.0 Å². The predicted molar refractivity (Wildman–Crippen MR) is 75.5 cm³/mol. The average molecular weight is 399 g/mol. The molecule has 0 aliphatic heterocycles. The van der Waals surface area contributed by atoms with E-state index in [0.717, 1.165) is 30.2 Å². The molecule has 0 saturated heterocycles. The van der Waals surface area contributed by atoms with Crippen molar-refractivity contribution in [2.45, 2.75) is 36.7 Å². The molecule has 2 rings (SSSR count). The van der Waals surface area contributed by atoms with Crippen LogP contribution in [0.4, 0.5) is 0 Å². The Balaban J connectivity index is 2.09. The van der Waals surface area contributed by atoms with Crippen molar-refractivity contribution < 1.29 is 13.3 Å². The van der Waals surface area contributed by atoms with E-state index >= 15 is 0 Å². The van der Waals surface area contributed by atoms with Crippen LogP contribution in [0.5, 0.6) is 0 Å². The van der Waals surface area contributed by atoms with Crippen molar-refractivity contribution in [3.05, 3.63) is 27.1 Å². The minimum atomic E-state index is -3.64. The predicted octanol–water partition coefficient (Wildman–Crippen LogP) is 3.36. The van der Waals surface area contributed by atoms with E-state index in [0.29, 0.717) is 4.47 Å². The summed E-state index contributed by atoms with van der Waals surface area (Å²) in [5, 5.41) is 0. The zero-order valence-electron chi connectivity index (χ0n) is 9.53. The number of rotatable bonds is 4. The Morgan fingerprint density at radius 2 is 1.89 bits per heavy atom. The van der Waals surface area contributed by atoms with Crippen molar-refractivity contribution in [1.29, 1.82) is 0 Å². The topological polar surface area (TPSA) is 55.4 Å². The quantitative estimate of drug-likeness (QED) is 0.791. The van der Waals surface area contributed by atoms with Gasteiger partial charge in [0.15, 0.2) is 0 Å². The fraction of sp³-hybridized carbons (Fsp3) is 0.455. The number of sulfonamides is 1. The van der Waals surface area contributed by atoms with Crippen LogP contribution in [0.2, 0.25) is 0 Å². The SMILES string of the molecule is O=S(=O)(NOC1CCCC1)c1ccc(Br)cc1Br. The van der Waals surface area contributed by atoms with Crippen molar-refractivity contribution >= 4 is 41.9 Å². The highest BCUT2D eigenvalue weighted by atomic mass is 79.9. The average Bonchev–Trinajstić information content (AvgIpc) is 2.78. The second kappa shape index (κ2) is 6.00. The van der Waals surface area contributed by atoms with Gasteiger partial charge in [-0.3, -0.25) is 4.84 Å². The standard InChI is InChI=1S/C11H13Br2NO3S/c12-8-5-6-11(10(13)7-8)18(15,16)14-17-9-3-1-2-4-9/h5-7,9,14H,1-4H2. The van der Waals surface area contributed by atoms with Gasteiger partial charge in [0, 0.05) is 8.95 Å². The molecule has 0 atom stereocenters. The maximum absolute atomic E-state index is 12.0. The first-order valence-electron chi connectivity index (χ1n) is 5.61. The lowest BCUT2D eigenvalue weighted by Gasteiger charge is -2.13. The second-order valence-electron chi connectivity index (χ2n) is 4.19. The third-order valence-electron chi connectivity index (χ3n) is 2.81. The molecular weight excluding hydrogens is 386 g/mol. The lowest BCUT2D eigenvalue weighted by molar-refractivity contribution is 0.0223. The van der Waals surface area contributed by atoms with Crippen LogP contribution in [0.15, 0.2) is 32.0 Å². The Kier molecular flexibility index (Phi) is 4.82. The van der Waals surface area contributed by atoms with Crippen LogP contribution < -0.4 is 4.89 Å². The van der Waals surface area contributed by atoms with Crippen LogP contribution in [-0.2, 0) is 14.9 Å². The number of benzene rings is 1. The summed E-state index contributed by atoms with van der Waals surface area (Å²) in [7, 11) is -3.64. The number of halogens is 2. The molecule has 100 valence electrons. The Bertz CT molecular complexity index is 527. The summed E-state index contributed by atoms with van der Waals surface area (Å²) in [6.07, 6.45) is 3.99. The highest BCUT2D eigenvalue weighted by Gasteiger charge is 2.22. The van der Waals surface area contributed by atoms with E-state index in [2.05, 4.69) is 36.7 Å². The summed E-state index contributed by atoms with van der Waals surface area (Å²) in [6, 6.07) is 4.88. The van der Waals surface area contributed by atoms with Gasteiger partial charge in [0.05, 0.1) is 11.0 Å². The molecular formula is C11H13Br2NO3S. The van der Waals surface area contributed by atoms with E-state index in [-0.39, 0.29) is 11.0 Å². The van der Waals surface area contributed by atoms with E-state index in [1.54, 1.807) is 12.1 Å². The molecule has 4 nitrogen and oxygen atoms in total. The van der Waals surface area contributed by atoms with Crippen LogP contribution in [0.25, 0.3) is 0 Å². The smallest absolute Gasteiger partial charge is 0.263 e. The number of hydrogen-bond acceptors (Lipinski definition) is 3. The van der Waals surface area contributed by atoms with Crippen LogP contribution >= 0.6 is 31.9 Å². The van der Waals surface area contributed by atoms with Crippen molar-refractivity contribution in [3.63, 3.8) is 0 Å². The molecule has 0 unspecified atom stereocenters. The van der Waals surface area contributed by atoms with Gasteiger partial charge < -0.3 is 0 Å². The summed E-state index contributed by atoms with van der Waals surface area (Å²) in [4.78, 5) is 7.61. The molecule has 0 radical (unpaired) electrons. The van der Waals surface area contributed by atoms with Crippen molar-refractivity contribution in [2.24, 2.45) is 0 Å². The molecule has 0 bridgehead atoms. The molecule has 7 heteroatoms. The molecule has 18 heavy (non-hydrogen) atoms. The highest BCUT2D eigenvalue weighted by Crippen LogP contribution is 2.26. The first-order valence-corrected chi connectivity index (χ1v) is 8.68. The zero-order chi connectivity index (χ0) is 13.2. The normalized spacial score (nSPS) is 17.2. The minimum Gasteiger partial charge on any atom is -0.284 e. The Hall–Kier alpha value is 0.0500. The molecule has 1 aromatic carbocycles. The molecule has 1 fully saturated rings. The Labute approximate surface area is 123 Å². The Morgan fingerprint density at radius 1 is 1.22 bits per heavy atom. The molecule has 1 N–H and O–H groups in total. The van der Waals surface area contributed by atoms with Gasteiger partial charge in [-0.25, -0.2) is 8.42 Å². The summed E-state index contributed by atoms with van der Waals surface area (Å²) < 4.78 is 25.4. The van der Waals surface area contributed by atoms with Crippen molar-refractivity contribution in [1.82, 2.24) is 4.89 Å². The van der Waals surface area contributed by atoms with Gasteiger partial charge in [-0.05, 0) is 47.0 Å². The van der Waals surface area contributed by atoms with Gasteiger partial charge in [-0.1, -0.05) is 33.7 Å². The third kappa shape index (κ3) is 3.54. The molecule has 1 aliphatic carbocycles. The monoisotopic (exact) mass is 397 g/mol. The zero-order valence-corrected chi connectivity index (χ0v) is 13.5. The second-order valence-corrected chi connectivity index (χ2v) is 7.57. The molecule has 0 spiro atoms. The van der Waals surface area contributed by atoms with Crippen LogP contribution in [0, 0.1) is 0 Å². The van der Waals surface area contributed by atoms with Crippen molar-refractivity contribution in [3.8, 4) is 0 Å². The lowest BCUT2D eigenvalue weighted by atomic mass is 10.3. The Morgan fingerprint density at radius 3 is 2.50 bits per heavy atom. The summed E-state index contributed by atoms with van der Waals surface area (Å²) in [5.41, 5.74) is 0. The highest BCUT2D eigenvalue weighted by molar-refractivity contribution is 9.11. The first-order chi connectivity index (χ1) is 8.49. The molecule has 1 aliphatic rings. The fourth-order valence-electron chi connectivity index (χ4n) is 1.88. The molecule has 0 aromatic heterocycles. The van der Waals surface area contributed by atoms with E-state index in [1.807, 2.05) is 0 Å². The van der Waals surface area contributed by atoms with E-state index in [1.165, 1.54) is 6.07 Å². The van der Waals surface area contributed by atoms with Gasteiger partial charge >= 0.3 is 0 Å². The number of hydrogen-bond donors (Lipinski definition) is 1. The molecule has 1 saturated carbocycles. The maximum Gasteiger partial charge on any atom is 0.263 e. The first kappa shape index (κ1) is 14.5. The van der Waals surface area contributed by atoms with Crippen LogP contribution in [-0.4, -0.2) is 14.5 Å². The van der Waals surface area contributed by atoms with E-state index in [4.69, 9.17) is 4.84 Å². The van der Waals surface area contributed by atoms with Gasteiger partial charge in [0.2, 0.25) is 0 Å². The lowest BCUT2D eigenvalue weighted by Crippen LogP contribution is -2.28. The van der Waals surface area contributed by atoms with Gasteiger partial charge in [-0.15, -0.1) is 0 Å². The number of nitrogens with one attached hydrogen (secondary N) is 1. The molecule has 1 aromatic rings.